The van der Waals surface area contributed by atoms with Gasteiger partial charge < -0.3 is 5.32 Å². The van der Waals surface area contributed by atoms with Crippen LogP contribution in [-0.2, 0) is 16.2 Å². The second kappa shape index (κ2) is 9.73. The molecule has 6 nitrogen and oxygen atoms in total. The zero-order valence-corrected chi connectivity index (χ0v) is 21.8. The number of nitrogens with one attached hydrogen (secondary N) is 2. The van der Waals surface area contributed by atoms with Crippen molar-refractivity contribution in [2.45, 2.75) is 24.9 Å². The number of aryl methyl sites for hydroxylation is 2. The molecule has 11 heteroatoms. The van der Waals surface area contributed by atoms with E-state index >= 15 is 0 Å². The van der Waals surface area contributed by atoms with Gasteiger partial charge >= 0.3 is 6.18 Å². The SMILES string of the molecule is Cc1ccc(-c2csc(NS(=O)(=O)c3ccc(Nc4cc(C)nc5cc(C(F)(F)F)ccc45)cc3)n2)cc1. The molecular weight excluding hydrogens is 533 g/mol. The number of aromatic nitrogens is 2. The van der Waals surface area contributed by atoms with Crippen LogP contribution in [0.1, 0.15) is 16.8 Å². The van der Waals surface area contributed by atoms with Crippen LogP contribution in [0.15, 0.2) is 83.1 Å². The summed E-state index contributed by atoms with van der Waals surface area (Å²) in [6, 6.07) is 18.9. The summed E-state index contributed by atoms with van der Waals surface area (Å²) in [4.78, 5) is 8.67. The highest BCUT2D eigenvalue weighted by atomic mass is 32.2. The number of hydrogen-bond acceptors (Lipinski definition) is 6. The Morgan fingerprint density at radius 2 is 1.58 bits per heavy atom. The number of anilines is 3. The summed E-state index contributed by atoms with van der Waals surface area (Å²) in [5.74, 6) is 0. The Morgan fingerprint density at radius 3 is 2.26 bits per heavy atom. The maximum absolute atomic E-state index is 13.1. The Hall–Kier alpha value is -3.96. The molecule has 2 N–H and O–H groups in total. The van der Waals surface area contributed by atoms with E-state index < -0.39 is 21.8 Å². The first kappa shape index (κ1) is 25.7. The van der Waals surface area contributed by atoms with Crippen molar-refractivity contribution >= 4 is 48.8 Å². The molecule has 0 saturated carbocycles. The van der Waals surface area contributed by atoms with Crippen LogP contribution >= 0.6 is 11.3 Å². The largest absolute Gasteiger partial charge is 0.416 e. The number of nitrogens with zero attached hydrogens (tertiary/aromatic N) is 2. The van der Waals surface area contributed by atoms with Crippen LogP contribution in [0, 0.1) is 13.8 Å². The molecule has 0 unspecified atom stereocenters. The molecule has 0 spiro atoms. The van der Waals surface area contributed by atoms with Gasteiger partial charge in [0.2, 0.25) is 0 Å². The Balaban J connectivity index is 1.35. The molecule has 0 fully saturated rings. The normalized spacial score (nSPS) is 12.0. The first-order chi connectivity index (χ1) is 18.0. The monoisotopic (exact) mass is 554 g/mol. The highest BCUT2D eigenvalue weighted by Gasteiger charge is 2.30. The molecule has 2 heterocycles. The second-order valence-corrected chi connectivity index (χ2v) is 11.2. The fraction of sp³-hybridized carbons (Fsp3) is 0.111. The van der Waals surface area contributed by atoms with Gasteiger partial charge in [-0.1, -0.05) is 35.9 Å². The fourth-order valence-electron chi connectivity index (χ4n) is 3.86. The van der Waals surface area contributed by atoms with Crippen molar-refractivity contribution in [3.63, 3.8) is 0 Å². The number of alkyl halides is 3. The molecule has 0 aliphatic heterocycles. The summed E-state index contributed by atoms with van der Waals surface area (Å²) in [7, 11) is -3.89. The molecule has 3 aromatic carbocycles. The van der Waals surface area contributed by atoms with Gasteiger partial charge in [0.25, 0.3) is 10.0 Å². The predicted octanol–water partition coefficient (Wildman–Crippen LogP) is 7.54. The van der Waals surface area contributed by atoms with Crippen molar-refractivity contribution in [1.82, 2.24) is 9.97 Å². The summed E-state index contributed by atoms with van der Waals surface area (Å²) in [6.07, 6.45) is -4.47. The number of fused-ring (bicyclic) bond motifs is 1. The second-order valence-electron chi connectivity index (χ2n) is 8.70. The van der Waals surface area contributed by atoms with Crippen molar-refractivity contribution in [2.75, 3.05) is 10.0 Å². The van der Waals surface area contributed by atoms with Crippen molar-refractivity contribution in [3.8, 4) is 11.3 Å². The smallest absolute Gasteiger partial charge is 0.355 e. The minimum atomic E-state index is -4.47. The van der Waals surface area contributed by atoms with E-state index in [2.05, 4.69) is 20.0 Å². The van der Waals surface area contributed by atoms with E-state index in [9.17, 15) is 21.6 Å². The predicted molar refractivity (Wildman–Crippen MR) is 144 cm³/mol. The fourth-order valence-corrected chi connectivity index (χ4v) is 5.84. The molecule has 0 amide bonds. The van der Waals surface area contributed by atoms with Gasteiger partial charge in [0.15, 0.2) is 5.13 Å². The summed E-state index contributed by atoms with van der Waals surface area (Å²) in [6.45, 7) is 3.67. The maximum Gasteiger partial charge on any atom is 0.416 e. The Labute approximate surface area is 221 Å². The average molecular weight is 555 g/mol. The number of benzene rings is 3. The molecule has 0 aliphatic carbocycles. The summed E-state index contributed by atoms with van der Waals surface area (Å²) in [5, 5.41) is 5.70. The van der Waals surface area contributed by atoms with E-state index in [1.807, 2.05) is 31.2 Å². The standard InChI is InChI=1S/C27H21F3N4O2S2/c1-16-3-5-18(6-4-16)25-15-37-26(33-25)34-38(35,36)21-10-8-20(9-11-21)32-23-13-17(2)31-24-14-19(27(28,29)30)7-12-22(23)24/h3-15H,1-2H3,(H,31,32)(H,33,34). The first-order valence-corrected chi connectivity index (χ1v) is 13.8. The Kier molecular flexibility index (Phi) is 6.58. The van der Waals surface area contributed by atoms with Gasteiger partial charge in [-0.15, -0.1) is 11.3 Å². The summed E-state index contributed by atoms with van der Waals surface area (Å²) in [5.41, 5.74) is 3.77. The van der Waals surface area contributed by atoms with Crippen molar-refractivity contribution in [2.24, 2.45) is 0 Å². The van der Waals surface area contributed by atoms with Crippen molar-refractivity contribution in [3.05, 3.63) is 95.0 Å². The van der Waals surface area contributed by atoms with Crippen molar-refractivity contribution < 1.29 is 21.6 Å². The van der Waals surface area contributed by atoms with Gasteiger partial charge in [-0.25, -0.2) is 13.4 Å². The van der Waals surface area contributed by atoms with Crippen LogP contribution in [0.25, 0.3) is 22.2 Å². The molecule has 0 bridgehead atoms. The molecule has 0 atom stereocenters. The minimum Gasteiger partial charge on any atom is -0.355 e. The van der Waals surface area contributed by atoms with E-state index in [1.54, 1.807) is 30.5 Å². The Bertz CT molecular complexity index is 1730. The third-order valence-corrected chi connectivity index (χ3v) is 8.02. The molecule has 0 aliphatic rings. The van der Waals surface area contributed by atoms with E-state index in [-0.39, 0.29) is 15.5 Å². The van der Waals surface area contributed by atoms with Crippen LogP contribution < -0.4 is 10.0 Å². The van der Waals surface area contributed by atoms with Crippen LogP contribution in [0.2, 0.25) is 0 Å². The van der Waals surface area contributed by atoms with E-state index in [4.69, 9.17) is 0 Å². The van der Waals surface area contributed by atoms with Gasteiger partial charge in [0.1, 0.15) is 0 Å². The molecule has 2 aromatic heterocycles. The molecule has 0 saturated heterocycles. The van der Waals surface area contributed by atoms with Crippen LogP contribution in [-0.4, -0.2) is 18.4 Å². The van der Waals surface area contributed by atoms with Gasteiger partial charge in [0, 0.05) is 33.4 Å². The quantitative estimate of drug-likeness (QED) is 0.227. The number of pyridine rings is 1. The average Bonchev–Trinajstić information content (AvgIpc) is 3.31. The number of halogens is 3. The highest BCUT2D eigenvalue weighted by Crippen LogP contribution is 2.34. The number of thiazole rings is 1. The molecule has 0 radical (unpaired) electrons. The Morgan fingerprint density at radius 1 is 0.868 bits per heavy atom. The third kappa shape index (κ3) is 5.48. The number of rotatable bonds is 6. The lowest BCUT2D eigenvalue weighted by Gasteiger charge is -2.13. The topological polar surface area (TPSA) is 84.0 Å². The minimum absolute atomic E-state index is 0.0423. The van der Waals surface area contributed by atoms with Gasteiger partial charge in [-0.05, 0) is 56.3 Å². The van der Waals surface area contributed by atoms with Crippen LogP contribution in [0.3, 0.4) is 0 Å². The van der Waals surface area contributed by atoms with E-state index in [0.717, 1.165) is 23.3 Å². The molecule has 5 rings (SSSR count). The van der Waals surface area contributed by atoms with Crippen molar-refractivity contribution in [1.29, 1.82) is 0 Å². The zero-order valence-electron chi connectivity index (χ0n) is 20.2. The zero-order chi connectivity index (χ0) is 27.1. The number of sulfonamides is 1. The maximum atomic E-state index is 13.1. The highest BCUT2D eigenvalue weighted by molar-refractivity contribution is 7.93. The summed E-state index contributed by atoms with van der Waals surface area (Å²) < 4.78 is 67.8. The number of hydrogen-bond donors (Lipinski definition) is 2. The van der Waals surface area contributed by atoms with Crippen LogP contribution in [0.4, 0.5) is 29.7 Å². The molecule has 194 valence electrons. The summed E-state index contributed by atoms with van der Waals surface area (Å²) >= 11 is 1.19. The van der Waals surface area contributed by atoms with Crippen LogP contribution in [0.5, 0.6) is 0 Å². The van der Waals surface area contributed by atoms with Gasteiger partial charge in [0.05, 0.1) is 21.7 Å². The third-order valence-electron chi connectivity index (χ3n) is 5.78. The lowest BCUT2D eigenvalue weighted by Crippen LogP contribution is -2.12. The lowest BCUT2D eigenvalue weighted by molar-refractivity contribution is -0.137. The van der Waals surface area contributed by atoms with Gasteiger partial charge in [-0.2, -0.15) is 13.2 Å². The first-order valence-electron chi connectivity index (χ1n) is 11.4. The molecule has 38 heavy (non-hydrogen) atoms. The van der Waals surface area contributed by atoms with Gasteiger partial charge in [-0.3, -0.25) is 9.71 Å². The van der Waals surface area contributed by atoms with E-state index in [1.165, 1.54) is 29.5 Å². The lowest BCUT2D eigenvalue weighted by atomic mass is 10.1. The van der Waals surface area contributed by atoms with E-state index in [0.29, 0.717) is 28.1 Å². The molecule has 5 aromatic rings. The molecular formula is C27H21F3N4O2S2.